The Bertz CT molecular complexity index is 907. The Labute approximate surface area is 161 Å². The number of rotatable bonds is 5. The molecule has 6 heteroatoms. The molecule has 1 N–H and O–H groups in total. The Morgan fingerprint density at radius 1 is 1.11 bits per heavy atom. The summed E-state index contributed by atoms with van der Waals surface area (Å²) in [5.41, 5.74) is 2.28. The zero-order valence-electron chi connectivity index (χ0n) is 15.8. The van der Waals surface area contributed by atoms with E-state index in [1.165, 1.54) is 12.1 Å². The number of nitrogens with one attached hydrogen (secondary N) is 1. The lowest BCUT2D eigenvalue weighted by molar-refractivity contribution is 0.102. The third kappa shape index (κ3) is 4.22. The number of hydrogen-bond acceptors (Lipinski definition) is 3. The third-order valence-corrected chi connectivity index (χ3v) is 7.14. The van der Waals surface area contributed by atoms with Crippen molar-refractivity contribution in [3.05, 3.63) is 59.7 Å². The Hall–Kier alpha value is -2.18. The number of benzene rings is 2. The van der Waals surface area contributed by atoms with Crippen molar-refractivity contribution in [3.8, 4) is 0 Å². The molecule has 0 aliphatic carbocycles. The van der Waals surface area contributed by atoms with Crippen molar-refractivity contribution in [1.29, 1.82) is 0 Å². The van der Waals surface area contributed by atoms with Crippen molar-refractivity contribution in [2.75, 3.05) is 11.9 Å². The topological polar surface area (TPSA) is 66.5 Å². The molecule has 1 aliphatic heterocycles. The lowest BCUT2D eigenvalue weighted by atomic mass is 10.1. The molecule has 1 amide bonds. The minimum absolute atomic E-state index is 0.0114. The van der Waals surface area contributed by atoms with Gasteiger partial charge in [0.2, 0.25) is 10.0 Å². The first-order valence-corrected chi connectivity index (χ1v) is 10.9. The van der Waals surface area contributed by atoms with Gasteiger partial charge >= 0.3 is 0 Å². The number of para-hydroxylation sites is 1. The highest BCUT2D eigenvalue weighted by Crippen LogP contribution is 2.25. The molecule has 1 aliphatic rings. The fourth-order valence-electron chi connectivity index (χ4n) is 3.49. The first kappa shape index (κ1) is 19.6. The van der Waals surface area contributed by atoms with Gasteiger partial charge in [0.1, 0.15) is 0 Å². The van der Waals surface area contributed by atoms with Gasteiger partial charge in [-0.2, -0.15) is 4.31 Å². The molecule has 1 fully saturated rings. The highest BCUT2D eigenvalue weighted by Gasteiger charge is 2.30. The van der Waals surface area contributed by atoms with E-state index in [0.717, 1.165) is 36.9 Å². The van der Waals surface area contributed by atoms with Crippen LogP contribution in [-0.2, 0) is 16.4 Å². The number of hydrogen-bond donors (Lipinski definition) is 1. The molecule has 0 radical (unpaired) electrons. The van der Waals surface area contributed by atoms with E-state index in [1.54, 1.807) is 16.4 Å². The van der Waals surface area contributed by atoms with Gasteiger partial charge in [-0.05, 0) is 62.1 Å². The van der Waals surface area contributed by atoms with Crippen molar-refractivity contribution in [3.63, 3.8) is 0 Å². The van der Waals surface area contributed by atoms with Gasteiger partial charge in [0.05, 0.1) is 4.90 Å². The van der Waals surface area contributed by atoms with E-state index in [1.807, 2.05) is 38.1 Å². The Kier molecular flexibility index (Phi) is 5.97. The molecule has 2 aromatic rings. The summed E-state index contributed by atoms with van der Waals surface area (Å²) in [6.07, 6.45) is 3.66. The van der Waals surface area contributed by atoms with Crippen LogP contribution in [0.1, 0.15) is 49.0 Å². The molecule has 1 saturated heterocycles. The number of aryl methyl sites for hydroxylation is 1. The Balaban J connectivity index is 1.77. The Morgan fingerprint density at radius 3 is 2.48 bits per heavy atom. The molecule has 5 nitrogen and oxygen atoms in total. The smallest absolute Gasteiger partial charge is 0.255 e. The summed E-state index contributed by atoms with van der Waals surface area (Å²) >= 11 is 0. The van der Waals surface area contributed by atoms with Gasteiger partial charge < -0.3 is 5.32 Å². The van der Waals surface area contributed by atoms with Crippen molar-refractivity contribution in [1.82, 2.24) is 4.31 Å². The van der Waals surface area contributed by atoms with Crippen LogP contribution in [0.5, 0.6) is 0 Å². The van der Waals surface area contributed by atoms with Gasteiger partial charge in [-0.15, -0.1) is 0 Å². The van der Waals surface area contributed by atoms with Crippen LogP contribution in [0.2, 0.25) is 0 Å². The van der Waals surface area contributed by atoms with E-state index < -0.39 is 10.0 Å². The lowest BCUT2D eigenvalue weighted by Gasteiger charge is -2.32. The van der Waals surface area contributed by atoms with Crippen LogP contribution in [0.25, 0.3) is 0 Å². The van der Waals surface area contributed by atoms with Crippen LogP contribution in [0.15, 0.2) is 53.4 Å². The Morgan fingerprint density at radius 2 is 1.81 bits per heavy atom. The van der Waals surface area contributed by atoms with Crippen LogP contribution in [0.4, 0.5) is 5.69 Å². The zero-order chi connectivity index (χ0) is 19.4. The molecule has 27 heavy (non-hydrogen) atoms. The number of piperidine rings is 1. The van der Waals surface area contributed by atoms with E-state index >= 15 is 0 Å². The normalized spacial score (nSPS) is 18.2. The largest absolute Gasteiger partial charge is 0.322 e. The minimum atomic E-state index is -3.52. The molecule has 3 rings (SSSR count). The second kappa shape index (κ2) is 8.23. The van der Waals surface area contributed by atoms with E-state index in [4.69, 9.17) is 0 Å². The number of sulfonamides is 1. The quantitative estimate of drug-likeness (QED) is 0.842. The second-order valence-electron chi connectivity index (χ2n) is 6.95. The molecule has 1 atom stereocenters. The number of amides is 1. The van der Waals surface area contributed by atoms with Gasteiger partial charge in [-0.3, -0.25) is 4.79 Å². The average Bonchev–Trinajstić information content (AvgIpc) is 2.68. The molecular weight excluding hydrogens is 360 g/mol. The molecule has 0 bridgehead atoms. The molecule has 144 valence electrons. The number of carbonyl (C=O) groups excluding carboxylic acids is 1. The first-order valence-electron chi connectivity index (χ1n) is 9.44. The van der Waals surface area contributed by atoms with Gasteiger partial charge in [0.25, 0.3) is 5.91 Å². The highest BCUT2D eigenvalue weighted by atomic mass is 32.2. The maximum absolute atomic E-state index is 12.9. The summed E-state index contributed by atoms with van der Waals surface area (Å²) in [6.45, 7) is 4.54. The summed E-state index contributed by atoms with van der Waals surface area (Å²) in [4.78, 5) is 12.8. The monoisotopic (exact) mass is 386 g/mol. The molecule has 2 aromatic carbocycles. The molecule has 0 spiro atoms. The summed E-state index contributed by atoms with van der Waals surface area (Å²) in [5, 5.41) is 2.91. The summed E-state index contributed by atoms with van der Waals surface area (Å²) in [7, 11) is -3.52. The predicted octanol–water partition coefficient (Wildman–Crippen LogP) is 4.06. The van der Waals surface area contributed by atoms with E-state index in [0.29, 0.717) is 12.1 Å². The average molecular weight is 387 g/mol. The predicted molar refractivity (Wildman–Crippen MR) is 107 cm³/mol. The highest BCUT2D eigenvalue weighted by molar-refractivity contribution is 7.89. The molecule has 0 aromatic heterocycles. The number of anilines is 1. The van der Waals surface area contributed by atoms with E-state index in [9.17, 15) is 13.2 Å². The van der Waals surface area contributed by atoms with Crippen LogP contribution < -0.4 is 5.32 Å². The van der Waals surface area contributed by atoms with Gasteiger partial charge in [0, 0.05) is 23.8 Å². The van der Waals surface area contributed by atoms with Crippen molar-refractivity contribution < 1.29 is 13.2 Å². The van der Waals surface area contributed by atoms with Crippen molar-refractivity contribution in [2.24, 2.45) is 0 Å². The van der Waals surface area contributed by atoms with E-state index in [2.05, 4.69) is 5.32 Å². The van der Waals surface area contributed by atoms with Gasteiger partial charge in [0.15, 0.2) is 0 Å². The van der Waals surface area contributed by atoms with Crippen molar-refractivity contribution >= 4 is 21.6 Å². The summed E-state index contributed by atoms with van der Waals surface area (Å²) in [6, 6.07) is 13.9. The van der Waals surface area contributed by atoms with E-state index in [-0.39, 0.29) is 16.8 Å². The zero-order valence-corrected chi connectivity index (χ0v) is 16.6. The van der Waals surface area contributed by atoms with Crippen LogP contribution in [0, 0.1) is 0 Å². The molecular formula is C21H26N2O3S. The number of carbonyl (C=O) groups is 1. The minimum Gasteiger partial charge on any atom is -0.322 e. The fraction of sp³-hybridized carbons (Fsp3) is 0.381. The van der Waals surface area contributed by atoms with Gasteiger partial charge in [-0.1, -0.05) is 31.5 Å². The SMILES string of the molecule is CCc1ccccc1NC(=O)c1ccc(S(=O)(=O)N2CCCC[C@H]2C)cc1. The second-order valence-corrected chi connectivity index (χ2v) is 8.84. The standard InChI is InChI=1S/C21H26N2O3S/c1-3-17-9-4-5-10-20(17)22-21(24)18-11-13-19(14-12-18)27(25,26)23-15-7-6-8-16(23)2/h4-5,9-14,16H,3,6-8,15H2,1-2H3,(H,22,24)/t16-/m1/s1. The summed E-state index contributed by atoms with van der Waals surface area (Å²) in [5.74, 6) is -0.244. The first-order chi connectivity index (χ1) is 12.9. The van der Waals surface area contributed by atoms with Gasteiger partial charge in [-0.25, -0.2) is 8.42 Å². The number of nitrogens with zero attached hydrogens (tertiary/aromatic N) is 1. The fourth-order valence-corrected chi connectivity index (χ4v) is 5.19. The lowest BCUT2D eigenvalue weighted by Crippen LogP contribution is -2.41. The maximum Gasteiger partial charge on any atom is 0.255 e. The molecule has 0 saturated carbocycles. The van der Waals surface area contributed by atoms with Crippen LogP contribution in [-0.4, -0.2) is 31.2 Å². The molecule has 0 unspecified atom stereocenters. The molecule has 1 heterocycles. The third-order valence-electron chi connectivity index (χ3n) is 5.11. The van der Waals surface area contributed by atoms with Crippen LogP contribution in [0.3, 0.4) is 0 Å². The maximum atomic E-state index is 12.9. The summed E-state index contributed by atoms with van der Waals surface area (Å²) < 4.78 is 27.3. The van der Waals surface area contributed by atoms with Crippen molar-refractivity contribution in [2.45, 2.75) is 50.5 Å². The van der Waals surface area contributed by atoms with Crippen LogP contribution >= 0.6 is 0 Å².